The highest BCUT2D eigenvalue weighted by Crippen LogP contribution is 2.28. The second-order valence-electron chi connectivity index (χ2n) is 8.19. The van der Waals surface area contributed by atoms with Crippen molar-refractivity contribution in [3.8, 4) is 0 Å². The van der Waals surface area contributed by atoms with Gasteiger partial charge in [-0.05, 0) is 37.1 Å². The summed E-state index contributed by atoms with van der Waals surface area (Å²) in [6.07, 6.45) is 3.83. The first-order valence-electron chi connectivity index (χ1n) is 11.1. The SMILES string of the molecule is CCCCCn1c(SCC(=O)N(c2ccccc2)[C@H]2CCS(=O)(=O)C2)nc2ccccc21. The average Bonchev–Trinajstić information content (AvgIpc) is 3.33. The molecule has 32 heavy (non-hydrogen) atoms. The molecule has 1 saturated heterocycles. The lowest BCUT2D eigenvalue weighted by Crippen LogP contribution is -2.42. The molecule has 0 bridgehead atoms. The number of benzene rings is 2. The summed E-state index contributed by atoms with van der Waals surface area (Å²) in [5.74, 6) is 0.279. The minimum Gasteiger partial charge on any atom is -0.319 e. The fourth-order valence-corrected chi connectivity index (χ4v) is 6.82. The Morgan fingerprint density at radius 2 is 1.88 bits per heavy atom. The van der Waals surface area contributed by atoms with Gasteiger partial charge < -0.3 is 9.47 Å². The Bertz CT molecular complexity index is 1180. The molecule has 6 nitrogen and oxygen atoms in total. The molecule has 1 fully saturated rings. The van der Waals surface area contributed by atoms with E-state index in [4.69, 9.17) is 4.98 Å². The quantitative estimate of drug-likeness (QED) is 0.338. The van der Waals surface area contributed by atoms with E-state index in [1.165, 1.54) is 11.8 Å². The van der Waals surface area contributed by atoms with Crippen LogP contribution in [0.1, 0.15) is 32.6 Å². The van der Waals surface area contributed by atoms with E-state index in [9.17, 15) is 13.2 Å². The molecule has 1 atom stereocenters. The molecule has 4 rings (SSSR count). The van der Waals surface area contributed by atoms with Crippen LogP contribution in [0.4, 0.5) is 5.69 Å². The summed E-state index contributed by atoms with van der Waals surface area (Å²) in [4.78, 5) is 19.8. The van der Waals surface area contributed by atoms with Crippen molar-refractivity contribution in [3.05, 3.63) is 54.6 Å². The molecule has 1 aromatic heterocycles. The van der Waals surface area contributed by atoms with Gasteiger partial charge in [0.05, 0.1) is 34.3 Å². The standard InChI is InChI=1S/C24H29N3O3S2/c1-2-3-9-15-26-22-13-8-7-12-21(22)25-24(26)31-17-23(28)27(19-10-5-4-6-11-19)20-14-16-32(29,30)18-20/h4-8,10-13,20H,2-3,9,14-18H2,1H3/t20-/m0/s1. The minimum atomic E-state index is -3.10. The Hall–Kier alpha value is -2.32. The number of thioether (sulfide) groups is 1. The summed E-state index contributed by atoms with van der Waals surface area (Å²) >= 11 is 1.43. The molecular weight excluding hydrogens is 442 g/mol. The Morgan fingerprint density at radius 1 is 1.12 bits per heavy atom. The molecule has 2 heterocycles. The molecule has 3 aromatic rings. The van der Waals surface area contributed by atoms with Crippen molar-refractivity contribution in [1.29, 1.82) is 0 Å². The molecule has 0 aliphatic carbocycles. The summed E-state index contributed by atoms with van der Waals surface area (Å²) in [7, 11) is -3.10. The number of fused-ring (bicyclic) bond motifs is 1. The van der Waals surface area contributed by atoms with Gasteiger partial charge in [0.15, 0.2) is 15.0 Å². The number of hydrogen-bond donors (Lipinski definition) is 0. The maximum Gasteiger partial charge on any atom is 0.237 e. The minimum absolute atomic E-state index is 0.0217. The number of amides is 1. The summed E-state index contributed by atoms with van der Waals surface area (Å²) in [6, 6.07) is 17.1. The van der Waals surface area contributed by atoms with E-state index in [1.807, 2.05) is 48.5 Å². The highest BCUT2D eigenvalue weighted by Gasteiger charge is 2.35. The molecule has 0 saturated carbocycles. The summed E-state index contributed by atoms with van der Waals surface area (Å²) in [6.45, 7) is 3.05. The number of hydrogen-bond acceptors (Lipinski definition) is 5. The van der Waals surface area contributed by atoms with E-state index >= 15 is 0 Å². The molecule has 0 spiro atoms. The van der Waals surface area contributed by atoms with Crippen molar-refractivity contribution in [3.63, 3.8) is 0 Å². The Morgan fingerprint density at radius 3 is 2.59 bits per heavy atom. The van der Waals surface area contributed by atoms with Gasteiger partial charge in [-0.25, -0.2) is 13.4 Å². The molecule has 170 valence electrons. The van der Waals surface area contributed by atoms with Crippen LogP contribution in [0.15, 0.2) is 59.8 Å². The van der Waals surface area contributed by atoms with Gasteiger partial charge in [-0.3, -0.25) is 4.79 Å². The van der Waals surface area contributed by atoms with E-state index in [2.05, 4.69) is 17.6 Å². The lowest BCUT2D eigenvalue weighted by molar-refractivity contribution is -0.116. The van der Waals surface area contributed by atoms with Crippen LogP contribution in [0.2, 0.25) is 0 Å². The summed E-state index contributed by atoms with van der Waals surface area (Å²) in [5, 5.41) is 0.836. The van der Waals surface area contributed by atoms with Crippen LogP contribution >= 0.6 is 11.8 Å². The molecule has 1 aliphatic rings. The smallest absolute Gasteiger partial charge is 0.237 e. The lowest BCUT2D eigenvalue weighted by atomic mass is 10.2. The largest absolute Gasteiger partial charge is 0.319 e. The van der Waals surface area contributed by atoms with E-state index in [1.54, 1.807) is 4.90 Å². The Kier molecular flexibility index (Phi) is 7.20. The lowest BCUT2D eigenvalue weighted by Gasteiger charge is -2.28. The van der Waals surface area contributed by atoms with Crippen LogP contribution < -0.4 is 4.90 Å². The summed E-state index contributed by atoms with van der Waals surface area (Å²) in [5.41, 5.74) is 2.76. The van der Waals surface area contributed by atoms with Crippen LogP contribution in [0.3, 0.4) is 0 Å². The van der Waals surface area contributed by atoms with E-state index in [0.29, 0.717) is 6.42 Å². The third kappa shape index (κ3) is 5.18. The fraction of sp³-hybridized carbons (Fsp3) is 0.417. The van der Waals surface area contributed by atoms with Crippen molar-refractivity contribution in [2.75, 3.05) is 22.2 Å². The third-order valence-corrected chi connectivity index (χ3v) is 8.52. The van der Waals surface area contributed by atoms with Crippen LogP contribution in [0.25, 0.3) is 11.0 Å². The topological polar surface area (TPSA) is 72.3 Å². The number of sulfone groups is 1. The van der Waals surface area contributed by atoms with Gasteiger partial charge in [0.1, 0.15) is 0 Å². The van der Waals surface area contributed by atoms with Crippen molar-refractivity contribution in [2.45, 2.75) is 50.4 Å². The zero-order valence-electron chi connectivity index (χ0n) is 18.3. The fourth-order valence-electron chi connectivity index (χ4n) is 4.22. The van der Waals surface area contributed by atoms with Gasteiger partial charge in [-0.15, -0.1) is 0 Å². The number of para-hydroxylation sites is 3. The number of aryl methyl sites for hydroxylation is 1. The van der Waals surface area contributed by atoms with Gasteiger partial charge in [0.2, 0.25) is 5.91 Å². The molecule has 8 heteroatoms. The second kappa shape index (κ2) is 10.1. The number of unbranched alkanes of at least 4 members (excludes halogenated alkanes) is 2. The van der Waals surface area contributed by atoms with Crippen LogP contribution in [-0.4, -0.2) is 47.2 Å². The molecular formula is C24H29N3O3S2. The predicted molar refractivity (Wildman–Crippen MR) is 131 cm³/mol. The average molecular weight is 472 g/mol. The molecule has 1 amide bonds. The number of nitrogens with zero attached hydrogens (tertiary/aromatic N) is 3. The van der Waals surface area contributed by atoms with E-state index in [0.717, 1.165) is 47.7 Å². The van der Waals surface area contributed by atoms with Crippen molar-refractivity contribution >= 4 is 44.2 Å². The van der Waals surface area contributed by atoms with Crippen molar-refractivity contribution < 1.29 is 13.2 Å². The van der Waals surface area contributed by atoms with Gasteiger partial charge in [-0.2, -0.15) is 0 Å². The number of imidazole rings is 1. The highest BCUT2D eigenvalue weighted by molar-refractivity contribution is 7.99. The number of aromatic nitrogens is 2. The van der Waals surface area contributed by atoms with Gasteiger partial charge in [0, 0.05) is 12.2 Å². The first-order valence-corrected chi connectivity index (χ1v) is 13.9. The third-order valence-electron chi connectivity index (χ3n) is 5.81. The zero-order chi connectivity index (χ0) is 22.6. The van der Waals surface area contributed by atoms with Gasteiger partial charge in [0.25, 0.3) is 0 Å². The van der Waals surface area contributed by atoms with Gasteiger partial charge >= 0.3 is 0 Å². The highest BCUT2D eigenvalue weighted by atomic mass is 32.2. The number of anilines is 1. The summed E-state index contributed by atoms with van der Waals surface area (Å²) < 4.78 is 26.4. The van der Waals surface area contributed by atoms with E-state index < -0.39 is 9.84 Å². The molecule has 0 radical (unpaired) electrons. The normalized spacial score (nSPS) is 17.6. The molecule has 0 unspecified atom stereocenters. The molecule has 1 aliphatic heterocycles. The first kappa shape index (κ1) is 22.9. The van der Waals surface area contributed by atoms with Crippen molar-refractivity contribution in [1.82, 2.24) is 9.55 Å². The Balaban J connectivity index is 1.56. The zero-order valence-corrected chi connectivity index (χ0v) is 19.9. The maximum absolute atomic E-state index is 13.4. The number of rotatable bonds is 9. The van der Waals surface area contributed by atoms with Gasteiger partial charge in [-0.1, -0.05) is 61.9 Å². The maximum atomic E-state index is 13.4. The van der Waals surface area contributed by atoms with Crippen molar-refractivity contribution in [2.24, 2.45) is 0 Å². The second-order valence-corrected chi connectivity index (χ2v) is 11.4. The van der Waals surface area contributed by atoms with Crippen LogP contribution in [0.5, 0.6) is 0 Å². The van der Waals surface area contributed by atoms with E-state index in [-0.39, 0.29) is 29.2 Å². The number of carbonyl (C=O) groups is 1. The molecule has 2 aromatic carbocycles. The first-order chi connectivity index (χ1) is 15.5. The van der Waals surface area contributed by atoms with Crippen LogP contribution in [0, 0.1) is 0 Å². The van der Waals surface area contributed by atoms with Crippen LogP contribution in [-0.2, 0) is 21.2 Å². The number of carbonyl (C=O) groups excluding carboxylic acids is 1. The Labute approximate surface area is 193 Å². The predicted octanol–water partition coefficient (Wildman–Crippen LogP) is 4.54. The molecule has 0 N–H and O–H groups in total. The monoisotopic (exact) mass is 471 g/mol.